The summed E-state index contributed by atoms with van der Waals surface area (Å²) >= 11 is 0. The van der Waals surface area contributed by atoms with E-state index in [2.05, 4.69) is 86.7 Å². The van der Waals surface area contributed by atoms with E-state index in [0.717, 1.165) is 39.1 Å². The molecule has 0 aliphatic rings. The lowest BCUT2D eigenvalue weighted by Gasteiger charge is -2.22. The smallest absolute Gasteiger partial charge is 0.234 e. The minimum Gasteiger partial charge on any atom is -0.383 e. The van der Waals surface area contributed by atoms with Crippen molar-refractivity contribution in [1.82, 2.24) is 25.8 Å². The highest BCUT2D eigenvalue weighted by molar-refractivity contribution is 5.77. The van der Waals surface area contributed by atoms with Crippen LogP contribution in [0.1, 0.15) is 369 Å². The van der Waals surface area contributed by atoms with Crippen LogP contribution in [0.2, 0.25) is 0 Å². The van der Waals surface area contributed by atoms with Crippen LogP contribution >= 0.6 is 0 Å². The number of carbonyl (C=O) groups excluding carboxylic acids is 1. The van der Waals surface area contributed by atoms with Gasteiger partial charge in [-0.1, -0.05) is 337 Å². The molecule has 0 rings (SSSR count). The monoisotopic (exact) mass is 1090 g/mol. The molecule has 6 heteroatoms. The van der Waals surface area contributed by atoms with Gasteiger partial charge in [0.2, 0.25) is 5.91 Å². The normalized spacial score (nSPS) is 11.1. The Balaban J connectivity index is -0.00000128. The van der Waals surface area contributed by atoms with Crippen LogP contribution < -0.4 is 16.0 Å². The molecule has 0 fully saturated rings. The van der Waals surface area contributed by atoms with Crippen molar-refractivity contribution in [1.29, 1.82) is 0 Å². The third-order valence-electron chi connectivity index (χ3n) is 15.7. The Bertz CT molecular complexity index is 1030. The minimum atomic E-state index is 0.250. The molecule has 0 aromatic carbocycles. The Labute approximate surface area is 487 Å². The highest BCUT2D eigenvalue weighted by atomic mass is 16.2. The molecule has 0 radical (unpaired) electrons. The molecular formula is C71H147N5O. The lowest BCUT2D eigenvalue weighted by Crippen LogP contribution is -2.38. The molecule has 0 spiro atoms. The van der Waals surface area contributed by atoms with Gasteiger partial charge in [-0.3, -0.25) is 9.69 Å². The second kappa shape index (κ2) is 76.7. The first-order chi connectivity index (χ1) is 38.0. The van der Waals surface area contributed by atoms with E-state index >= 15 is 0 Å². The van der Waals surface area contributed by atoms with Gasteiger partial charge in [-0.25, -0.2) is 0 Å². The molecule has 0 heterocycles. The van der Waals surface area contributed by atoms with Crippen LogP contribution in [0.25, 0.3) is 0 Å². The Morgan fingerprint density at radius 3 is 0.896 bits per heavy atom. The molecule has 3 N–H and O–H groups in total. The van der Waals surface area contributed by atoms with Crippen molar-refractivity contribution < 1.29 is 4.79 Å². The average molecular weight is 1090 g/mol. The van der Waals surface area contributed by atoms with E-state index in [9.17, 15) is 4.79 Å². The van der Waals surface area contributed by atoms with Crippen LogP contribution in [0.3, 0.4) is 0 Å². The minimum absolute atomic E-state index is 0.250. The molecule has 0 atom stereocenters. The van der Waals surface area contributed by atoms with Crippen molar-refractivity contribution in [2.75, 3.05) is 66.0 Å². The van der Waals surface area contributed by atoms with Crippen molar-refractivity contribution in [2.24, 2.45) is 0 Å². The fraction of sp³-hybridized carbons (Fsp3) is 0.944. The molecule has 0 unspecified atom stereocenters. The van der Waals surface area contributed by atoms with Crippen LogP contribution in [-0.2, 0) is 4.79 Å². The molecule has 77 heavy (non-hydrogen) atoms. The summed E-state index contributed by atoms with van der Waals surface area (Å²) in [6, 6.07) is 0. The van der Waals surface area contributed by atoms with Gasteiger partial charge in [-0.2, -0.15) is 0 Å². The number of nitrogens with zero attached hydrogens (tertiary/aromatic N) is 2. The van der Waals surface area contributed by atoms with Crippen LogP contribution in [0.5, 0.6) is 0 Å². The van der Waals surface area contributed by atoms with E-state index in [-0.39, 0.29) is 5.91 Å². The number of unbranched alkanes of at least 4 members (excludes halogenated alkanes) is 45. The Morgan fingerprint density at radius 2 is 0.610 bits per heavy atom. The Hall–Kier alpha value is -1.33. The van der Waals surface area contributed by atoms with Crippen molar-refractivity contribution in [3.63, 3.8) is 0 Å². The van der Waals surface area contributed by atoms with Crippen LogP contribution in [0.15, 0.2) is 18.5 Å². The van der Waals surface area contributed by atoms with Gasteiger partial charge in [-0.15, -0.1) is 5.73 Å². The van der Waals surface area contributed by atoms with Crippen LogP contribution in [0.4, 0.5) is 0 Å². The van der Waals surface area contributed by atoms with Gasteiger partial charge in [0.05, 0.1) is 6.54 Å². The molecule has 0 saturated carbocycles. The van der Waals surface area contributed by atoms with Crippen LogP contribution in [0, 0.1) is 0 Å². The predicted molar refractivity (Wildman–Crippen MR) is 351 cm³/mol. The van der Waals surface area contributed by atoms with E-state index < -0.39 is 0 Å². The van der Waals surface area contributed by atoms with Crippen LogP contribution in [-0.4, -0.2) is 81.7 Å². The lowest BCUT2D eigenvalue weighted by atomic mass is 10.1. The molecule has 6 nitrogen and oxygen atoms in total. The van der Waals surface area contributed by atoms with Gasteiger partial charge in [-0.05, 0) is 78.3 Å². The topological polar surface area (TPSA) is 59.6 Å². The Kier molecular flexibility index (Phi) is 79.6. The van der Waals surface area contributed by atoms with Crippen molar-refractivity contribution in [3.05, 3.63) is 18.5 Å². The molecule has 1 amide bonds. The van der Waals surface area contributed by atoms with E-state index in [4.69, 9.17) is 0 Å². The molecule has 0 bridgehead atoms. The summed E-state index contributed by atoms with van der Waals surface area (Å²) < 4.78 is 0. The zero-order valence-corrected chi connectivity index (χ0v) is 54.5. The van der Waals surface area contributed by atoms with Crippen molar-refractivity contribution in [3.8, 4) is 0 Å². The number of nitrogens with one attached hydrogen (secondary N) is 3. The first-order valence-corrected chi connectivity index (χ1v) is 35.4. The molecule has 0 saturated heterocycles. The zero-order valence-electron chi connectivity index (χ0n) is 54.5. The third kappa shape index (κ3) is 79.0. The summed E-state index contributed by atoms with van der Waals surface area (Å²) in [5.41, 5.74) is 2.67. The van der Waals surface area contributed by atoms with Gasteiger partial charge in [0.1, 0.15) is 0 Å². The fourth-order valence-electron chi connectivity index (χ4n) is 10.5. The number of likely N-dealkylation sites (N-methyl/N-ethyl adjacent to an activating group) is 1. The summed E-state index contributed by atoms with van der Waals surface area (Å²) in [5, 5.41) is 9.96. The molecular weight excluding hydrogens is 939 g/mol. The number of hydrogen-bond acceptors (Lipinski definition) is 5. The number of amides is 1. The van der Waals surface area contributed by atoms with E-state index in [0.29, 0.717) is 6.54 Å². The summed E-state index contributed by atoms with van der Waals surface area (Å²) in [4.78, 5) is 17.5. The van der Waals surface area contributed by atoms with Gasteiger partial charge < -0.3 is 20.9 Å². The fourth-order valence-corrected chi connectivity index (χ4v) is 10.5. The summed E-state index contributed by atoms with van der Waals surface area (Å²) in [6.45, 7) is 26.5. The maximum atomic E-state index is 12.7. The highest BCUT2D eigenvalue weighted by Crippen LogP contribution is 2.15. The molecule has 0 aliphatic carbocycles. The van der Waals surface area contributed by atoms with Crippen molar-refractivity contribution in [2.45, 2.75) is 369 Å². The largest absolute Gasteiger partial charge is 0.383 e. The standard InChI is InChI=1S/C38H78N2O.C24H51N.C9H18N2/c1-4-7-10-13-16-19-22-25-28-31-34-39-38(41)37-40(35-32-29-26-23-20-17-14-11-8-5-2)36-33-30-27-24-21-18-15-12-9-6-3;1-3-5-7-9-11-13-15-17-19-21-23-25-24-22-20-18-16-14-12-10-8-6-4-2;1-4-6-10-7-9-11(3)8-5-2/h4-37H2,1-3H3,(H,39,41);25H,3-24H2,1-2H3;6,10H,1,5,7-9H2,2-3H3. The molecule has 0 aliphatic heterocycles. The maximum Gasteiger partial charge on any atom is 0.234 e. The molecule has 0 aromatic rings. The SMILES string of the molecule is C=C=CNCCN(C)CCC.CCCCCCCCCCCCNC(=O)CN(CCCCCCCCCCCC)CCCCCCCCCCCC.CCCCCCCCCCCCNCCCCCCCCCCCC. The van der Waals surface area contributed by atoms with Gasteiger partial charge in [0, 0.05) is 25.8 Å². The average Bonchev–Trinajstić information content (AvgIpc) is 3.43. The summed E-state index contributed by atoms with van der Waals surface area (Å²) in [7, 11) is 2.13. The third-order valence-corrected chi connectivity index (χ3v) is 15.7. The highest BCUT2D eigenvalue weighted by Gasteiger charge is 2.11. The molecule has 462 valence electrons. The second-order valence-electron chi connectivity index (χ2n) is 23.9. The van der Waals surface area contributed by atoms with E-state index in [1.165, 1.54) is 341 Å². The van der Waals surface area contributed by atoms with Crippen molar-refractivity contribution >= 4 is 5.91 Å². The summed E-state index contributed by atoms with van der Waals surface area (Å²) in [6.07, 6.45) is 72.7. The summed E-state index contributed by atoms with van der Waals surface area (Å²) in [5.74, 6) is 0.250. The first kappa shape index (κ1) is 79.9. The number of rotatable bonds is 63. The Morgan fingerprint density at radius 1 is 0.338 bits per heavy atom. The van der Waals surface area contributed by atoms with Gasteiger partial charge >= 0.3 is 0 Å². The number of hydrogen-bond donors (Lipinski definition) is 3. The van der Waals surface area contributed by atoms with E-state index in [1.807, 2.05) is 0 Å². The van der Waals surface area contributed by atoms with E-state index in [1.54, 1.807) is 6.20 Å². The quantitative estimate of drug-likeness (QED) is 0.0419. The zero-order chi connectivity index (χ0) is 56.7. The van der Waals surface area contributed by atoms with Gasteiger partial charge in [0.25, 0.3) is 0 Å². The predicted octanol–water partition coefficient (Wildman–Crippen LogP) is 21.8. The van der Waals surface area contributed by atoms with Gasteiger partial charge in [0.15, 0.2) is 0 Å². The lowest BCUT2D eigenvalue weighted by molar-refractivity contribution is -0.122. The number of carbonyl (C=O) groups is 1. The molecule has 0 aromatic heterocycles. The first-order valence-electron chi connectivity index (χ1n) is 35.4. The second-order valence-corrected chi connectivity index (χ2v) is 23.9. The maximum absolute atomic E-state index is 12.7.